The Labute approximate surface area is 169 Å². The molecular formula is C22H22ClN3O2. The molecule has 3 aromatic rings. The molecule has 1 saturated heterocycles. The molecule has 1 atom stereocenters. The molecule has 1 aliphatic heterocycles. The first-order valence-corrected chi connectivity index (χ1v) is 9.78. The van der Waals surface area contributed by atoms with Gasteiger partial charge in [0.25, 0.3) is 5.91 Å². The monoisotopic (exact) mass is 395 g/mol. The second kappa shape index (κ2) is 8.27. The molecule has 1 aromatic heterocycles. The molecule has 2 N–H and O–H groups in total. The van der Waals surface area contributed by atoms with Crippen molar-refractivity contribution in [1.82, 2.24) is 15.2 Å². The van der Waals surface area contributed by atoms with Crippen LogP contribution < -0.4 is 5.32 Å². The molecule has 28 heavy (non-hydrogen) atoms. The van der Waals surface area contributed by atoms with E-state index in [9.17, 15) is 9.90 Å². The summed E-state index contributed by atoms with van der Waals surface area (Å²) in [7, 11) is 0. The first-order valence-electron chi connectivity index (χ1n) is 9.41. The summed E-state index contributed by atoms with van der Waals surface area (Å²) in [6.45, 7) is 2.77. The van der Waals surface area contributed by atoms with Crippen molar-refractivity contribution in [2.45, 2.75) is 25.6 Å². The molecule has 5 nitrogen and oxygen atoms in total. The van der Waals surface area contributed by atoms with E-state index in [4.69, 9.17) is 11.6 Å². The Kier molecular flexibility index (Phi) is 5.57. The largest absolute Gasteiger partial charge is 0.392 e. The molecule has 4 rings (SSSR count). The third kappa shape index (κ3) is 4.17. The number of benzene rings is 2. The molecule has 2 aromatic carbocycles. The number of hydrogen-bond acceptors (Lipinski definition) is 4. The summed E-state index contributed by atoms with van der Waals surface area (Å²) in [5.41, 5.74) is 3.22. The number of fused-ring (bicyclic) bond motifs is 1. The highest BCUT2D eigenvalue weighted by Gasteiger charge is 2.21. The van der Waals surface area contributed by atoms with E-state index in [0.29, 0.717) is 29.3 Å². The van der Waals surface area contributed by atoms with Crippen molar-refractivity contribution in [2.75, 3.05) is 13.1 Å². The predicted molar refractivity (Wildman–Crippen MR) is 110 cm³/mol. The van der Waals surface area contributed by atoms with Gasteiger partial charge in [-0.05, 0) is 29.7 Å². The molecule has 0 radical (unpaired) electrons. The van der Waals surface area contributed by atoms with Crippen LogP contribution in [0.3, 0.4) is 0 Å². The molecule has 0 aliphatic carbocycles. The smallest absolute Gasteiger partial charge is 0.270 e. The topological polar surface area (TPSA) is 65.5 Å². The minimum absolute atomic E-state index is 0.240. The van der Waals surface area contributed by atoms with Gasteiger partial charge in [-0.25, -0.2) is 4.98 Å². The Bertz CT molecular complexity index is 1010. The van der Waals surface area contributed by atoms with E-state index in [1.165, 1.54) is 0 Å². The van der Waals surface area contributed by atoms with E-state index in [-0.39, 0.29) is 12.0 Å². The molecule has 1 amide bonds. The molecule has 0 bridgehead atoms. The number of aliphatic hydroxyl groups excluding tert-OH is 1. The molecule has 0 saturated carbocycles. The highest BCUT2D eigenvalue weighted by Crippen LogP contribution is 2.23. The van der Waals surface area contributed by atoms with Gasteiger partial charge in [0.05, 0.1) is 16.6 Å². The van der Waals surface area contributed by atoms with Gasteiger partial charge in [-0.2, -0.15) is 0 Å². The van der Waals surface area contributed by atoms with Crippen molar-refractivity contribution in [3.05, 3.63) is 76.4 Å². The average molecular weight is 396 g/mol. The number of pyridine rings is 1. The van der Waals surface area contributed by atoms with Crippen LogP contribution in [0.2, 0.25) is 5.02 Å². The molecular weight excluding hydrogens is 374 g/mol. The summed E-state index contributed by atoms with van der Waals surface area (Å²) in [6.07, 6.45) is 0.573. The Morgan fingerprint density at radius 1 is 1.18 bits per heavy atom. The maximum atomic E-state index is 12.6. The zero-order chi connectivity index (χ0) is 19.5. The van der Waals surface area contributed by atoms with E-state index >= 15 is 0 Å². The SMILES string of the molecule is O=C(NCc1ccccc1CN1CC[C@@H](O)C1)c1cc(Cl)c2ccccc2n1. The maximum absolute atomic E-state index is 12.6. The van der Waals surface area contributed by atoms with Gasteiger partial charge >= 0.3 is 0 Å². The van der Waals surface area contributed by atoms with Gasteiger partial charge in [0.1, 0.15) is 5.69 Å². The Morgan fingerprint density at radius 3 is 2.71 bits per heavy atom. The average Bonchev–Trinajstić information content (AvgIpc) is 3.11. The number of β-amino-alcohol motifs (C(OH)–C–C–N with tert-alkyl or cyclic N) is 1. The zero-order valence-corrected chi connectivity index (χ0v) is 16.2. The summed E-state index contributed by atoms with van der Waals surface area (Å²) in [5, 5.41) is 14.0. The number of para-hydroxylation sites is 1. The first kappa shape index (κ1) is 18.9. The number of nitrogens with one attached hydrogen (secondary N) is 1. The molecule has 0 spiro atoms. The van der Waals surface area contributed by atoms with E-state index < -0.39 is 0 Å². The fraction of sp³-hybridized carbons (Fsp3) is 0.273. The fourth-order valence-corrected chi connectivity index (χ4v) is 3.86. The highest BCUT2D eigenvalue weighted by atomic mass is 35.5. The molecule has 0 unspecified atom stereocenters. The summed E-state index contributed by atoms with van der Waals surface area (Å²) in [4.78, 5) is 19.3. The third-order valence-electron chi connectivity index (χ3n) is 5.10. The third-order valence-corrected chi connectivity index (χ3v) is 5.41. The van der Waals surface area contributed by atoms with Crippen LogP contribution in [0, 0.1) is 0 Å². The van der Waals surface area contributed by atoms with E-state index in [0.717, 1.165) is 36.0 Å². The summed E-state index contributed by atoms with van der Waals surface area (Å²) in [5.74, 6) is -0.251. The van der Waals surface area contributed by atoms with Crippen molar-refractivity contribution < 1.29 is 9.90 Å². The van der Waals surface area contributed by atoms with Gasteiger partial charge in [-0.15, -0.1) is 0 Å². The van der Waals surface area contributed by atoms with E-state index in [2.05, 4.69) is 21.3 Å². The number of rotatable bonds is 5. The Morgan fingerprint density at radius 2 is 1.93 bits per heavy atom. The molecule has 6 heteroatoms. The lowest BCUT2D eigenvalue weighted by molar-refractivity contribution is 0.0946. The van der Waals surface area contributed by atoms with Crippen LogP contribution in [-0.4, -0.2) is 40.1 Å². The quantitative estimate of drug-likeness (QED) is 0.695. The lowest BCUT2D eigenvalue weighted by Crippen LogP contribution is -2.26. The van der Waals surface area contributed by atoms with Gasteiger partial charge in [-0.1, -0.05) is 54.1 Å². The number of amides is 1. The van der Waals surface area contributed by atoms with Crippen LogP contribution in [-0.2, 0) is 13.1 Å². The number of carbonyl (C=O) groups is 1. The predicted octanol–water partition coefficient (Wildman–Crippen LogP) is 3.38. The lowest BCUT2D eigenvalue weighted by atomic mass is 10.1. The van der Waals surface area contributed by atoms with Crippen LogP contribution in [0.4, 0.5) is 0 Å². The van der Waals surface area contributed by atoms with Crippen LogP contribution in [0.25, 0.3) is 10.9 Å². The van der Waals surface area contributed by atoms with Crippen LogP contribution in [0.1, 0.15) is 28.0 Å². The number of aliphatic hydroxyl groups is 1. The highest BCUT2D eigenvalue weighted by molar-refractivity contribution is 6.35. The molecule has 144 valence electrons. The number of aromatic nitrogens is 1. The van der Waals surface area contributed by atoms with Gasteiger partial charge in [-0.3, -0.25) is 9.69 Å². The lowest BCUT2D eigenvalue weighted by Gasteiger charge is -2.18. The van der Waals surface area contributed by atoms with E-state index in [1.54, 1.807) is 6.07 Å². The summed E-state index contributed by atoms with van der Waals surface area (Å²) < 4.78 is 0. The fourth-order valence-electron chi connectivity index (χ4n) is 3.60. The van der Waals surface area contributed by atoms with Gasteiger partial charge in [0, 0.05) is 31.6 Å². The second-order valence-corrected chi connectivity index (χ2v) is 7.54. The van der Waals surface area contributed by atoms with Gasteiger partial charge in [0.2, 0.25) is 0 Å². The van der Waals surface area contributed by atoms with Crippen LogP contribution >= 0.6 is 11.6 Å². The van der Waals surface area contributed by atoms with Crippen molar-refractivity contribution in [3.8, 4) is 0 Å². The first-order chi connectivity index (χ1) is 13.6. The number of nitrogens with zero attached hydrogens (tertiary/aromatic N) is 2. The number of hydrogen-bond donors (Lipinski definition) is 2. The van der Waals surface area contributed by atoms with Crippen LogP contribution in [0.15, 0.2) is 54.6 Å². The Hall–Kier alpha value is -2.47. The minimum atomic E-state index is -0.251. The maximum Gasteiger partial charge on any atom is 0.270 e. The normalized spacial score (nSPS) is 17.1. The summed E-state index contributed by atoms with van der Waals surface area (Å²) >= 11 is 6.31. The minimum Gasteiger partial charge on any atom is -0.392 e. The molecule has 2 heterocycles. The van der Waals surface area contributed by atoms with Gasteiger partial charge in [0.15, 0.2) is 0 Å². The van der Waals surface area contributed by atoms with E-state index in [1.807, 2.05) is 42.5 Å². The molecule has 1 fully saturated rings. The zero-order valence-electron chi connectivity index (χ0n) is 15.4. The van der Waals surface area contributed by atoms with Crippen molar-refractivity contribution in [2.24, 2.45) is 0 Å². The van der Waals surface area contributed by atoms with Crippen molar-refractivity contribution in [1.29, 1.82) is 0 Å². The number of halogens is 1. The van der Waals surface area contributed by atoms with Crippen molar-refractivity contribution >= 4 is 28.4 Å². The standard InChI is InChI=1S/C22H22ClN3O2/c23-19-11-21(25-20-8-4-3-7-18(19)20)22(28)24-12-15-5-1-2-6-16(15)13-26-10-9-17(27)14-26/h1-8,11,17,27H,9-10,12-14H2,(H,24,28)/t17-/m1/s1. The second-order valence-electron chi connectivity index (χ2n) is 7.14. The van der Waals surface area contributed by atoms with Crippen LogP contribution in [0.5, 0.6) is 0 Å². The number of likely N-dealkylation sites (tertiary alicyclic amines) is 1. The van der Waals surface area contributed by atoms with Crippen molar-refractivity contribution in [3.63, 3.8) is 0 Å². The number of carbonyl (C=O) groups excluding carboxylic acids is 1. The Balaban J connectivity index is 1.47. The molecule has 1 aliphatic rings. The summed E-state index contributed by atoms with van der Waals surface area (Å²) in [6, 6.07) is 17.2. The van der Waals surface area contributed by atoms with Gasteiger partial charge < -0.3 is 10.4 Å².